The molecule has 0 N–H and O–H groups in total. The first-order valence-electron chi connectivity index (χ1n) is 9.40. The number of aryl methyl sites for hydroxylation is 1. The van der Waals surface area contributed by atoms with Crippen molar-refractivity contribution in [1.29, 1.82) is 0 Å². The van der Waals surface area contributed by atoms with Crippen LogP contribution in [0.3, 0.4) is 0 Å². The number of carbonyl (C=O) groups excluding carboxylic acids is 2. The molecule has 1 aliphatic heterocycles. The standard InChI is InChI=1S/C20H25NO5S2/c1-4-13(2)21(15-9-10-28(24,25)12-15)18(22)11-26-20(23)19-14(3)16-7-5-6-8-17(16)27-19/h5-8,13,15H,4,9-12H2,1-3H3/t13-,15+/m1/s1. The van der Waals surface area contributed by atoms with Crippen molar-refractivity contribution in [3.8, 4) is 0 Å². The summed E-state index contributed by atoms with van der Waals surface area (Å²) in [5.41, 5.74) is 0.846. The summed E-state index contributed by atoms with van der Waals surface area (Å²) in [4.78, 5) is 27.4. The Kier molecular flexibility index (Phi) is 6.09. The van der Waals surface area contributed by atoms with Crippen LogP contribution in [0, 0.1) is 6.92 Å². The van der Waals surface area contributed by atoms with Gasteiger partial charge in [0.1, 0.15) is 4.88 Å². The molecule has 0 radical (unpaired) electrons. The van der Waals surface area contributed by atoms with Crippen LogP contribution >= 0.6 is 11.3 Å². The van der Waals surface area contributed by atoms with E-state index in [9.17, 15) is 18.0 Å². The van der Waals surface area contributed by atoms with Crippen LogP contribution in [0.5, 0.6) is 0 Å². The molecule has 1 amide bonds. The largest absolute Gasteiger partial charge is 0.451 e. The van der Waals surface area contributed by atoms with Gasteiger partial charge in [-0.2, -0.15) is 0 Å². The highest BCUT2D eigenvalue weighted by molar-refractivity contribution is 7.91. The number of nitrogens with zero attached hydrogens (tertiary/aromatic N) is 1. The van der Waals surface area contributed by atoms with Crippen LogP contribution in [0.15, 0.2) is 24.3 Å². The number of thiophene rings is 1. The van der Waals surface area contributed by atoms with Gasteiger partial charge in [0.15, 0.2) is 16.4 Å². The summed E-state index contributed by atoms with van der Waals surface area (Å²) in [5.74, 6) is -0.788. The van der Waals surface area contributed by atoms with Gasteiger partial charge in [-0.05, 0) is 43.7 Å². The molecule has 1 aliphatic rings. The first-order chi connectivity index (χ1) is 13.2. The van der Waals surface area contributed by atoms with Crippen molar-refractivity contribution < 1.29 is 22.7 Å². The summed E-state index contributed by atoms with van der Waals surface area (Å²) < 4.78 is 30.0. The van der Waals surface area contributed by atoms with Crippen LogP contribution in [0.2, 0.25) is 0 Å². The number of hydrogen-bond acceptors (Lipinski definition) is 6. The predicted molar refractivity (Wildman–Crippen MR) is 111 cm³/mol. The lowest BCUT2D eigenvalue weighted by molar-refractivity contribution is -0.138. The fourth-order valence-electron chi connectivity index (χ4n) is 3.64. The quantitative estimate of drug-likeness (QED) is 0.667. The van der Waals surface area contributed by atoms with Crippen molar-refractivity contribution in [3.05, 3.63) is 34.7 Å². The number of carbonyl (C=O) groups is 2. The van der Waals surface area contributed by atoms with Gasteiger partial charge < -0.3 is 9.64 Å². The van der Waals surface area contributed by atoms with Crippen LogP contribution in [0.25, 0.3) is 10.1 Å². The molecule has 152 valence electrons. The summed E-state index contributed by atoms with van der Waals surface area (Å²) >= 11 is 1.35. The van der Waals surface area contributed by atoms with E-state index in [-0.39, 0.29) is 36.1 Å². The lowest BCUT2D eigenvalue weighted by atomic mass is 10.1. The SMILES string of the molecule is CC[C@@H](C)N(C(=O)COC(=O)c1sc2ccccc2c1C)[C@H]1CCS(=O)(=O)C1. The molecule has 8 heteroatoms. The smallest absolute Gasteiger partial charge is 0.349 e. The lowest BCUT2D eigenvalue weighted by Gasteiger charge is -2.33. The molecule has 1 aromatic carbocycles. The Labute approximate surface area is 169 Å². The van der Waals surface area contributed by atoms with Gasteiger partial charge in [-0.1, -0.05) is 25.1 Å². The van der Waals surface area contributed by atoms with Gasteiger partial charge in [-0.15, -0.1) is 11.3 Å². The van der Waals surface area contributed by atoms with Crippen molar-refractivity contribution in [1.82, 2.24) is 4.90 Å². The molecule has 28 heavy (non-hydrogen) atoms. The topological polar surface area (TPSA) is 80.8 Å². The minimum atomic E-state index is -3.11. The molecular formula is C20H25NO5S2. The Balaban J connectivity index is 1.71. The van der Waals surface area contributed by atoms with Gasteiger partial charge in [0.25, 0.3) is 5.91 Å². The number of ether oxygens (including phenoxy) is 1. The lowest BCUT2D eigenvalue weighted by Crippen LogP contribution is -2.48. The first kappa shape index (κ1) is 20.8. The average molecular weight is 424 g/mol. The molecule has 6 nitrogen and oxygen atoms in total. The van der Waals surface area contributed by atoms with Gasteiger partial charge >= 0.3 is 5.97 Å². The highest BCUT2D eigenvalue weighted by atomic mass is 32.2. The molecule has 0 unspecified atom stereocenters. The highest BCUT2D eigenvalue weighted by Gasteiger charge is 2.36. The molecule has 3 rings (SSSR count). The minimum absolute atomic E-state index is 0.0214. The molecule has 2 aromatic rings. The third-order valence-corrected chi connectivity index (χ3v) is 8.31. The zero-order valence-corrected chi connectivity index (χ0v) is 17.9. The Bertz CT molecular complexity index is 995. The number of esters is 1. The maximum atomic E-state index is 12.8. The van der Waals surface area contributed by atoms with E-state index in [4.69, 9.17) is 4.74 Å². The van der Waals surface area contributed by atoms with Gasteiger partial charge in [-0.3, -0.25) is 4.79 Å². The molecule has 2 atom stereocenters. The fourth-order valence-corrected chi connectivity index (χ4v) is 6.45. The van der Waals surface area contributed by atoms with E-state index >= 15 is 0 Å². The number of hydrogen-bond donors (Lipinski definition) is 0. The molecule has 1 saturated heterocycles. The average Bonchev–Trinajstić information content (AvgIpc) is 3.19. The normalized spacial score (nSPS) is 19.5. The van der Waals surface area contributed by atoms with Crippen LogP contribution in [0.4, 0.5) is 0 Å². The predicted octanol–water partition coefficient (Wildman–Crippen LogP) is 3.18. The van der Waals surface area contributed by atoms with Gasteiger partial charge in [-0.25, -0.2) is 13.2 Å². The maximum absolute atomic E-state index is 12.8. The Hall–Kier alpha value is -1.93. The monoisotopic (exact) mass is 423 g/mol. The Morgan fingerprint density at radius 1 is 1.32 bits per heavy atom. The van der Waals surface area contributed by atoms with E-state index in [2.05, 4.69) is 0 Å². The molecule has 0 bridgehead atoms. The number of rotatable bonds is 6. The maximum Gasteiger partial charge on any atom is 0.349 e. The number of sulfone groups is 1. The molecule has 0 spiro atoms. The van der Waals surface area contributed by atoms with E-state index in [0.29, 0.717) is 17.7 Å². The third-order valence-electron chi connectivity index (χ3n) is 5.31. The van der Waals surface area contributed by atoms with Crippen LogP contribution in [-0.2, 0) is 19.4 Å². The second-order valence-corrected chi connectivity index (χ2v) is 10.5. The summed E-state index contributed by atoms with van der Waals surface area (Å²) in [7, 11) is -3.11. The molecule has 0 aliphatic carbocycles. The van der Waals surface area contributed by atoms with Gasteiger partial charge in [0, 0.05) is 16.8 Å². The Morgan fingerprint density at radius 3 is 2.64 bits per heavy atom. The number of fused-ring (bicyclic) bond motifs is 1. The highest BCUT2D eigenvalue weighted by Crippen LogP contribution is 2.31. The van der Waals surface area contributed by atoms with E-state index in [1.165, 1.54) is 11.3 Å². The van der Waals surface area contributed by atoms with Gasteiger partial charge in [0.05, 0.1) is 11.5 Å². The summed E-state index contributed by atoms with van der Waals surface area (Å²) in [6, 6.07) is 7.26. The van der Waals surface area contributed by atoms with Crippen molar-refractivity contribution >= 4 is 43.1 Å². The summed E-state index contributed by atoms with van der Waals surface area (Å²) in [5, 5.41) is 1.00. The molecule has 1 aromatic heterocycles. The van der Waals surface area contributed by atoms with Crippen LogP contribution < -0.4 is 0 Å². The summed E-state index contributed by atoms with van der Waals surface area (Å²) in [6.07, 6.45) is 1.13. The molecule has 2 heterocycles. The number of benzene rings is 1. The minimum Gasteiger partial charge on any atom is -0.451 e. The summed E-state index contributed by atoms with van der Waals surface area (Å²) in [6.45, 7) is 5.32. The molecular weight excluding hydrogens is 398 g/mol. The van der Waals surface area contributed by atoms with E-state index in [1.807, 2.05) is 45.0 Å². The van der Waals surface area contributed by atoms with Crippen LogP contribution in [-0.4, -0.2) is 55.4 Å². The first-order valence-corrected chi connectivity index (χ1v) is 12.0. The third kappa shape index (κ3) is 4.22. The second kappa shape index (κ2) is 8.21. The molecule has 1 fully saturated rings. The van der Waals surface area contributed by atoms with Crippen molar-refractivity contribution in [2.24, 2.45) is 0 Å². The molecule has 0 saturated carbocycles. The van der Waals surface area contributed by atoms with Gasteiger partial charge in [0.2, 0.25) is 0 Å². The Morgan fingerprint density at radius 2 is 2.04 bits per heavy atom. The van der Waals surface area contributed by atoms with E-state index in [1.54, 1.807) is 4.90 Å². The van der Waals surface area contributed by atoms with E-state index < -0.39 is 15.8 Å². The number of amides is 1. The zero-order valence-electron chi connectivity index (χ0n) is 16.3. The van der Waals surface area contributed by atoms with Crippen molar-refractivity contribution in [3.63, 3.8) is 0 Å². The van der Waals surface area contributed by atoms with Crippen LogP contribution in [0.1, 0.15) is 41.9 Å². The zero-order chi connectivity index (χ0) is 20.5. The fraction of sp³-hybridized carbons (Fsp3) is 0.500. The van der Waals surface area contributed by atoms with E-state index in [0.717, 1.165) is 15.6 Å². The van der Waals surface area contributed by atoms with Crippen molar-refractivity contribution in [2.45, 2.75) is 45.7 Å². The van der Waals surface area contributed by atoms with Crippen molar-refractivity contribution in [2.75, 3.05) is 18.1 Å². The second-order valence-electron chi connectivity index (χ2n) is 7.24.